The number of aliphatic carboxylic acids is 1. The van der Waals surface area contributed by atoms with Gasteiger partial charge >= 0.3 is 5.97 Å². The second kappa shape index (κ2) is 6.82. The highest BCUT2D eigenvalue weighted by Gasteiger charge is 2.27. The Morgan fingerprint density at radius 3 is 2.68 bits per heavy atom. The molecule has 0 fully saturated rings. The van der Waals surface area contributed by atoms with Crippen LogP contribution in [0.2, 0.25) is 5.02 Å². The van der Waals surface area contributed by atoms with E-state index < -0.39 is 10.7 Å². The molecule has 0 saturated carbocycles. The number of carboxylic acid groups (broad SMARTS) is 1. The Balaban J connectivity index is 2.39. The van der Waals surface area contributed by atoms with Gasteiger partial charge in [-0.1, -0.05) is 17.7 Å². The zero-order valence-corrected chi connectivity index (χ0v) is 12.3. The van der Waals surface area contributed by atoms with E-state index in [4.69, 9.17) is 16.7 Å². The van der Waals surface area contributed by atoms with Crippen molar-refractivity contribution < 1.29 is 14.7 Å². The summed E-state index contributed by atoms with van der Waals surface area (Å²) < 4.78 is -0.879. The van der Waals surface area contributed by atoms with E-state index in [1.54, 1.807) is 38.1 Å². The van der Waals surface area contributed by atoms with Crippen LogP contribution >= 0.6 is 23.4 Å². The van der Waals surface area contributed by atoms with Gasteiger partial charge in [-0.15, -0.1) is 11.8 Å². The normalized spacial score (nSPS) is 11.1. The molecule has 0 saturated heterocycles. The molecule has 1 rings (SSSR count). The third kappa shape index (κ3) is 5.53. The van der Waals surface area contributed by atoms with Crippen LogP contribution in [0.4, 0.5) is 5.69 Å². The van der Waals surface area contributed by atoms with Gasteiger partial charge in [0.1, 0.15) is 4.75 Å². The highest BCUT2D eigenvalue weighted by atomic mass is 35.5. The predicted molar refractivity (Wildman–Crippen MR) is 78.9 cm³/mol. The molecular weight excluding hydrogens is 286 g/mol. The second-order valence-corrected chi connectivity index (χ2v) is 6.63. The minimum absolute atomic E-state index is 0.157. The number of amides is 1. The number of benzene rings is 1. The molecule has 0 aromatic heterocycles. The van der Waals surface area contributed by atoms with Crippen molar-refractivity contribution in [3.8, 4) is 0 Å². The van der Waals surface area contributed by atoms with Crippen molar-refractivity contribution in [2.24, 2.45) is 0 Å². The van der Waals surface area contributed by atoms with E-state index in [0.29, 0.717) is 16.5 Å². The summed E-state index contributed by atoms with van der Waals surface area (Å²) in [5, 5.41) is 12.2. The smallest absolute Gasteiger partial charge is 0.319 e. The molecule has 19 heavy (non-hydrogen) atoms. The Bertz CT molecular complexity index is 477. The summed E-state index contributed by atoms with van der Waals surface area (Å²) in [4.78, 5) is 22.6. The van der Waals surface area contributed by atoms with Crippen LogP contribution in [0.3, 0.4) is 0 Å². The van der Waals surface area contributed by atoms with E-state index in [0.717, 1.165) is 0 Å². The van der Waals surface area contributed by atoms with Gasteiger partial charge in [0, 0.05) is 22.9 Å². The SMILES string of the molecule is CC(C)(SCCC(=O)Nc1cccc(Cl)c1)C(=O)O. The molecule has 0 unspecified atom stereocenters. The molecule has 6 heteroatoms. The van der Waals surface area contributed by atoms with Crippen LogP contribution in [0.1, 0.15) is 20.3 Å². The first kappa shape index (κ1) is 15.9. The number of carboxylic acids is 1. The molecule has 0 heterocycles. The number of nitrogens with one attached hydrogen (secondary N) is 1. The molecule has 0 aliphatic heterocycles. The van der Waals surface area contributed by atoms with Gasteiger partial charge in [0.05, 0.1) is 0 Å². The maximum atomic E-state index is 11.7. The highest BCUT2D eigenvalue weighted by Crippen LogP contribution is 2.25. The average molecular weight is 302 g/mol. The van der Waals surface area contributed by atoms with Crippen molar-refractivity contribution in [1.29, 1.82) is 0 Å². The molecule has 0 spiro atoms. The number of rotatable bonds is 6. The molecule has 0 aliphatic carbocycles. The van der Waals surface area contributed by atoms with Crippen LogP contribution in [-0.2, 0) is 9.59 Å². The third-order valence-corrected chi connectivity index (χ3v) is 3.96. The first-order chi connectivity index (χ1) is 8.81. The summed E-state index contributed by atoms with van der Waals surface area (Å²) in [5.41, 5.74) is 0.639. The van der Waals surface area contributed by atoms with Crippen molar-refractivity contribution in [3.63, 3.8) is 0 Å². The van der Waals surface area contributed by atoms with E-state index >= 15 is 0 Å². The lowest BCUT2D eigenvalue weighted by atomic mass is 10.2. The van der Waals surface area contributed by atoms with Crippen molar-refractivity contribution in [1.82, 2.24) is 0 Å². The summed E-state index contributed by atoms with van der Waals surface area (Å²) in [6.45, 7) is 3.24. The molecule has 104 valence electrons. The van der Waals surface area contributed by atoms with Gasteiger partial charge < -0.3 is 10.4 Å². The van der Waals surface area contributed by atoms with Crippen molar-refractivity contribution in [2.45, 2.75) is 25.0 Å². The number of hydrogen-bond acceptors (Lipinski definition) is 3. The first-order valence-corrected chi connectivity index (χ1v) is 7.10. The Morgan fingerprint density at radius 1 is 1.42 bits per heavy atom. The highest BCUT2D eigenvalue weighted by molar-refractivity contribution is 8.01. The molecular formula is C13H16ClNO3S. The molecule has 0 bridgehead atoms. The largest absolute Gasteiger partial charge is 0.480 e. The summed E-state index contributed by atoms with van der Waals surface area (Å²) in [5.74, 6) is -0.588. The lowest BCUT2D eigenvalue weighted by molar-refractivity contribution is -0.138. The Labute approximate surface area is 121 Å². The maximum Gasteiger partial charge on any atom is 0.319 e. The predicted octanol–water partition coefficient (Wildman–Crippen LogP) is 3.27. The van der Waals surface area contributed by atoms with Crippen LogP contribution in [0.25, 0.3) is 0 Å². The molecule has 0 atom stereocenters. The third-order valence-electron chi connectivity index (χ3n) is 2.42. The Morgan fingerprint density at radius 2 is 2.11 bits per heavy atom. The number of carbonyl (C=O) groups is 2. The van der Waals surface area contributed by atoms with E-state index in [9.17, 15) is 9.59 Å². The van der Waals surface area contributed by atoms with E-state index in [1.807, 2.05) is 0 Å². The van der Waals surface area contributed by atoms with Gasteiger partial charge in [-0.25, -0.2) is 0 Å². The molecule has 4 nitrogen and oxygen atoms in total. The molecule has 1 amide bonds. The minimum Gasteiger partial charge on any atom is -0.480 e. The monoisotopic (exact) mass is 301 g/mol. The number of carbonyl (C=O) groups excluding carboxylic acids is 1. The molecule has 0 radical (unpaired) electrons. The van der Waals surface area contributed by atoms with Crippen LogP contribution in [0, 0.1) is 0 Å². The van der Waals surface area contributed by atoms with E-state index in [2.05, 4.69) is 5.32 Å². The molecule has 1 aromatic rings. The summed E-state index contributed by atoms with van der Waals surface area (Å²) >= 11 is 7.05. The van der Waals surface area contributed by atoms with E-state index in [1.165, 1.54) is 11.8 Å². The number of hydrogen-bond donors (Lipinski definition) is 2. The van der Waals surface area contributed by atoms with Gasteiger partial charge in [0.25, 0.3) is 0 Å². The molecule has 0 aliphatic rings. The van der Waals surface area contributed by atoms with E-state index in [-0.39, 0.29) is 12.3 Å². The van der Waals surface area contributed by atoms with Crippen molar-refractivity contribution in [3.05, 3.63) is 29.3 Å². The number of halogens is 1. The fourth-order valence-corrected chi connectivity index (χ4v) is 2.36. The topological polar surface area (TPSA) is 66.4 Å². The van der Waals surface area contributed by atoms with Gasteiger partial charge in [-0.3, -0.25) is 9.59 Å². The van der Waals surface area contributed by atoms with Crippen LogP contribution in [0.5, 0.6) is 0 Å². The molecule has 2 N–H and O–H groups in total. The molecule has 1 aromatic carbocycles. The minimum atomic E-state index is -0.882. The first-order valence-electron chi connectivity index (χ1n) is 5.74. The van der Waals surface area contributed by atoms with Gasteiger partial charge in [0.2, 0.25) is 5.91 Å². The zero-order chi connectivity index (χ0) is 14.5. The van der Waals surface area contributed by atoms with Crippen molar-refractivity contribution in [2.75, 3.05) is 11.1 Å². The zero-order valence-electron chi connectivity index (χ0n) is 10.8. The maximum absolute atomic E-state index is 11.7. The van der Waals surface area contributed by atoms with Crippen LogP contribution in [0.15, 0.2) is 24.3 Å². The average Bonchev–Trinajstić information content (AvgIpc) is 2.28. The fourth-order valence-electron chi connectivity index (χ4n) is 1.25. The van der Waals surface area contributed by atoms with Crippen LogP contribution in [-0.4, -0.2) is 27.5 Å². The fraction of sp³-hybridized carbons (Fsp3) is 0.385. The van der Waals surface area contributed by atoms with Crippen LogP contribution < -0.4 is 5.32 Å². The Kier molecular flexibility index (Phi) is 5.69. The van der Waals surface area contributed by atoms with Crippen molar-refractivity contribution >= 4 is 40.9 Å². The summed E-state index contributed by atoms with van der Waals surface area (Å²) in [6, 6.07) is 6.88. The Hall–Kier alpha value is -1.20. The standard InChI is InChI=1S/C13H16ClNO3S/c1-13(2,12(17)18)19-7-6-11(16)15-10-5-3-4-9(14)8-10/h3-5,8H,6-7H2,1-2H3,(H,15,16)(H,17,18). The van der Waals surface area contributed by atoms with Gasteiger partial charge in [-0.05, 0) is 32.0 Å². The number of thioether (sulfide) groups is 1. The second-order valence-electron chi connectivity index (χ2n) is 4.47. The van der Waals surface area contributed by atoms with Gasteiger partial charge in [0.15, 0.2) is 0 Å². The lowest BCUT2D eigenvalue weighted by Gasteiger charge is -2.17. The summed E-state index contributed by atoms with van der Waals surface area (Å²) in [6.07, 6.45) is 0.258. The quantitative estimate of drug-likeness (QED) is 0.846. The van der Waals surface area contributed by atoms with Gasteiger partial charge in [-0.2, -0.15) is 0 Å². The number of anilines is 1. The summed E-state index contributed by atoms with van der Waals surface area (Å²) in [7, 11) is 0. The lowest BCUT2D eigenvalue weighted by Crippen LogP contribution is -2.28.